The third kappa shape index (κ3) is 2.16. The van der Waals surface area contributed by atoms with E-state index in [2.05, 4.69) is 19.9 Å². The standard InChI is InChI=1S/C11H20O2Si/c1-5-9-7-8-11(10(9)6-2)14(12-3)13-4/h7,14H,5-6,8H2,1-4H3. The minimum Gasteiger partial charge on any atom is -0.397 e. The molecule has 0 amide bonds. The van der Waals surface area contributed by atoms with Crippen LogP contribution in [0.4, 0.5) is 0 Å². The normalized spacial score (nSPS) is 16.8. The second kappa shape index (κ2) is 5.49. The minimum absolute atomic E-state index is 1.05. The third-order valence-electron chi connectivity index (χ3n) is 2.79. The highest BCUT2D eigenvalue weighted by molar-refractivity contribution is 6.54. The Morgan fingerprint density at radius 2 is 1.86 bits per heavy atom. The largest absolute Gasteiger partial charge is 0.397 e. The van der Waals surface area contributed by atoms with Crippen LogP contribution in [-0.2, 0) is 8.85 Å². The second-order valence-corrected chi connectivity index (χ2v) is 5.75. The molecule has 0 spiro atoms. The van der Waals surface area contributed by atoms with Gasteiger partial charge < -0.3 is 8.85 Å². The lowest BCUT2D eigenvalue weighted by Gasteiger charge is -2.15. The summed E-state index contributed by atoms with van der Waals surface area (Å²) in [6.07, 6.45) is 5.60. The highest BCUT2D eigenvalue weighted by Crippen LogP contribution is 2.32. The first-order valence-electron chi connectivity index (χ1n) is 5.25. The van der Waals surface area contributed by atoms with E-state index < -0.39 is 9.28 Å². The summed E-state index contributed by atoms with van der Waals surface area (Å²) < 4.78 is 10.9. The van der Waals surface area contributed by atoms with Gasteiger partial charge in [-0.3, -0.25) is 0 Å². The summed E-state index contributed by atoms with van der Waals surface area (Å²) in [6.45, 7) is 4.42. The molecule has 0 aromatic heterocycles. The van der Waals surface area contributed by atoms with E-state index in [0.29, 0.717) is 0 Å². The zero-order chi connectivity index (χ0) is 10.6. The second-order valence-electron chi connectivity index (χ2n) is 3.45. The molecule has 80 valence electrons. The Bertz CT molecular complexity index is 252. The van der Waals surface area contributed by atoms with Crippen LogP contribution in [0.2, 0.25) is 0 Å². The van der Waals surface area contributed by atoms with E-state index in [1.807, 2.05) is 0 Å². The van der Waals surface area contributed by atoms with Crippen LogP contribution >= 0.6 is 0 Å². The van der Waals surface area contributed by atoms with Crippen LogP contribution in [0.25, 0.3) is 0 Å². The molecule has 0 aromatic rings. The fourth-order valence-corrected chi connectivity index (χ4v) is 3.86. The van der Waals surface area contributed by atoms with Gasteiger partial charge in [-0.1, -0.05) is 19.9 Å². The van der Waals surface area contributed by atoms with E-state index in [1.165, 1.54) is 16.3 Å². The van der Waals surface area contributed by atoms with Crippen molar-refractivity contribution in [1.82, 2.24) is 0 Å². The zero-order valence-corrected chi connectivity index (χ0v) is 10.7. The van der Waals surface area contributed by atoms with Crippen LogP contribution in [0.5, 0.6) is 0 Å². The SMILES string of the molecule is CCC1=CCC([SiH](OC)OC)=C1CC. The number of allylic oxidation sites excluding steroid dienone is 4. The fourth-order valence-electron chi connectivity index (χ4n) is 2.12. The smallest absolute Gasteiger partial charge is 0.351 e. The Morgan fingerprint density at radius 1 is 1.21 bits per heavy atom. The summed E-state index contributed by atoms with van der Waals surface area (Å²) in [6, 6.07) is 0. The van der Waals surface area contributed by atoms with Gasteiger partial charge in [0.05, 0.1) is 0 Å². The maximum Gasteiger partial charge on any atom is 0.351 e. The van der Waals surface area contributed by atoms with Gasteiger partial charge in [0, 0.05) is 14.2 Å². The van der Waals surface area contributed by atoms with Gasteiger partial charge >= 0.3 is 9.28 Å². The van der Waals surface area contributed by atoms with Crippen molar-refractivity contribution < 1.29 is 8.85 Å². The molecule has 0 heterocycles. The molecule has 0 saturated carbocycles. The summed E-state index contributed by atoms with van der Waals surface area (Å²) in [5, 5.41) is 1.44. The monoisotopic (exact) mass is 212 g/mol. The molecule has 0 saturated heterocycles. The highest BCUT2D eigenvalue weighted by atomic mass is 28.3. The van der Waals surface area contributed by atoms with Crippen LogP contribution in [-0.4, -0.2) is 23.5 Å². The lowest BCUT2D eigenvalue weighted by atomic mass is 10.1. The average molecular weight is 212 g/mol. The molecule has 0 bridgehead atoms. The van der Waals surface area contributed by atoms with E-state index in [-0.39, 0.29) is 0 Å². The first-order valence-corrected chi connectivity index (χ1v) is 6.77. The Labute approximate surface area is 88.5 Å². The van der Waals surface area contributed by atoms with Gasteiger partial charge in [-0.15, -0.1) is 0 Å². The van der Waals surface area contributed by atoms with Gasteiger partial charge in [0.15, 0.2) is 0 Å². The predicted molar refractivity (Wildman–Crippen MR) is 61.5 cm³/mol. The molecule has 1 rings (SSSR count). The van der Waals surface area contributed by atoms with Gasteiger partial charge in [-0.2, -0.15) is 0 Å². The molecule has 1 aliphatic carbocycles. The molecule has 1 aliphatic rings. The Hall–Kier alpha value is -0.383. The maximum absolute atomic E-state index is 5.43. The quantitative estimate of drug-likeness (QED) is 0.652. The van der Waals surface area contributed by atoms with E-state index in [0.717, 1.165) is 19.3 Å². The zero-order valence-electron chi connectivity index (χ0n) is 9.59. The molecule has 2 nitrogen and oxygen atoms in total. The van der Waals surface area contributed by atoms with Crippen molar-refractivity contribution in [3.8, 4) is 0 Å². The maximum atomic E-state index is 5.43. The van der Waals surface area contributed by atoms with Crippen molar-refractivity contribution in [2.75, 3.05) is 14.2 Å². The molecule has 14 heavy (non-hydrogen) atoms. The predicted octanol–water partition coefficient (Wildman–Crippen LogP) is 2.49. The van der Waals surface area contributed by atoms with Gasteiger partial charge in [0.25, 0.3) is 0 Å². The molecule has 0 unspecified atom stereocenters. The Morgan fingerprint density at radius 3 is 2.29 bits per heavy atom. The first-order chi connectivity index (χ1) is 6.78. The lowest BCUT2D eigenvalue weighted by Crippen LogP contribution is -2.23. The Kier molecular flexibility index (Phi) is 4.58. The first kappa shape index (κ1) is 11.7. The van der Waals surface area contributed by atoms with Gasteiger partial charge in [0.2, 0.25) is 0 Å². The van der Waals surface area contributed by atoms with E-state index >= 15 is 0 Å². The fraction of sp³-hybridized carbons (Fsp3) is 0.636. The molecular weight excluding hydrogens is 192 g/mol. The summed E-state index contributed by atoms with van der Waals surface area (Å²) in [4.78, 5) is 0. The van der Waals surface area contributed by atoms with Gasteiger partial charge in [-0.05, 0) is 35.6 Å². The van der Waals surface area contributed by atoms with Crippen molar-refractivity contribution in [2.24, 2.45) is 0 Å². The van der Waals surface area contributed by atoms with E-state index in [1.54, 1.807) is 14.2 Å². The third-order valence-corrected chi connectivity index (χ3v) is 4.80. The molecule has 0 N–H and O–H groups in total. The number of hydrogen-bond donors (Lipinski definition) is 0. The van der Waals surface area contributed by atoms with E-state index in [4.69, 9.17) is 8.85 Å². The minimum atomic E-state index is -1.54. The van der Waals surface area contributed by atoms with Crippen LogP contribution in [0.3, 0.4) is 0 Å². The molecule has 0 aromatic carbocycles. The molecular formula is C11H20O2Si. The van der Waals surface area contributed by atoms with Crippen LogP contribution < -0.4 is 0 Å². The average Bonchev–Trinajstić information content (AvgIpc) is 2.62. The van der Waals surface area contributed by atoms with Crippen molar-refractivity contribution in [1.29, 1.82) is 0 Å². The molecule has 0 aliphatic heterocycles. The van der Waals surface area contributed by atoms with Crippen LogP contribution in [0.1, 0.15) is 33.1 Å². The van der Waals surface area contributed by atoms with Crippen molar-refractivity contribution in [3.05, 3.63) is 22.4 Å². The van der Waals surface area contributed by atoms with Crippen molar-refractivity contribution in [3.63, 3.8) is 0 Å². The van der Waals surface area contributed by atoms with E-state index in [9.17, 15) is 0 Å². The molecule has 0 radical (unpaired) electrons. The summed E-state index contributed by atoms with van der Waals surface area (Å²) in [7, 11) is 1.96. The summed E-state index contributed by atoms with van der Waals surface area (Å²) in [5.41, 5.74) is 2.99. The summed E-state index contributed by atoms with van der Waals surface area (Å²) in [5.74, 6) is 0. The highest BCUT2D eigenvalue weighted by Gasteiger charge is 2.24. The Balaban J connectivity index is 2.87. The molecule has 0 fully saturated rings. The lowest BCUT2D eigenvalue weighted by molar-refractivity contribution is 0.286. The van der Waals surface area contributed by atoms with Crippen molar-refractivity contribution >= 4 is 9.28 Å². The summed E-state index contributed by atoms with van der Waals surface area (Å²) >= 11 is 0. The number of hydrogen-bond acceptors (Lipinski definition) is 2. The van der Waals surface area contributed by atoms with Gasteiger partial charge in [-0.25, -0.2) is 0 Å². The van der Waals surface area contributed by atoms with Crippen LogP contribution in [0.15, 0.2) is 22.4 Å². The molecule has 3 heteroatoms. The van der Waals surface area contributed by atoms with Crippen LogP contribution in [0, 0.1) is 0 Å². The topological polar surface area (TPSA) is 18.5 Å². The molecule has 0 atom stereocenters. The van der Waals surface area contributed by atoms with Crippen molar-refractivity contribution in [2.45, 2.75) is 33.1 Å². The number of rotatable bonds is 5. The van der Waals surface area contributed by atoms with Gasteiger partial charge in [0.1, 0.15) is 0 Å².